The van der Waals surface area contributed by atoms with Crippen molar-refractivity contribution < 1.29 is 4.79 Å². The minimum absolute atomic E-state index is 0.0528. The Morgan fingerprint density at radius 2 is 1.74 bits per heavy atom. The molecule has 0 aliphatic rings. The summed E-state index contributed by atoms with van der Waals surface area (Å²) >= 11 is 0. The number of pyridine rings is 1. The number of nitrogens with zero attached hydrogens (tertiary/aromatic N) is 3. The SMILES string of the molecule is Cc1ccccc1C(=O)NCCn1c(-c2ccncc2)nc2ccccc21. The monoisotopic (exact) mass is 356 g/mol. The lowest BCUT2D eigenvalue weighted by Gasteiger charge is -2.11. The molecule has 0 saturated carbocycles. The van der Waals surface area contributed by atoms with E-state index in [0.717, 1.165) is 28.0 Å². The molecule has 5 nitrogen and oxygen atoms in total. The van der Waals surface area contributed by atoms with Gasteiger partial charge in [-0.2, -0.15) is 0 Å². The number of aryl methyl sites for hydroxylation is 1. The van der Waals surface area contributed by atoms with Gasteiger partial charge < -0.3 is 9.88 Å². The summed E-state index contributed by atoms with van der Waals surface area (Å²) in [5, 5.41) is 3.02. The Morgan fingerprint density at radius 1 is 1.00 bits per heavy atom. The van der Waals surface area contributed by atoms with Gasteiger partial charge in [0.15, 0.2) is 0 Å². The van der Waals surface area contributed by atoms with E-state index in [9.17, 15) is 4.79 Å². The fourth-order valence-electron chi connectivity index (χ4n) is 3.23. The maximum atomic E-state index is 12.5. The van der Waals surface area contributed by atoms with Crippen molar-refractivity contribution in [3.8, 4) is 11.4 Å². The first-order valence-corrected chi connectivity index (χ1v) is 8.93. The lowest BCUT2D eigenvalue weighted by atomic mass is 10.1. The number of nitrogens with one attached hydrogen (secondary N) is 1. The van der Waals surface area contributed by atoms with Crippen molar-refractivity contribution in [2.24, 2.45) is 0 Å². The number of fused-ring (bicyclic) bond motifs is 1. The summed E-state index contributed by atoms with van der Waals surface area (Å²) in [5.41, 5.74) is 4.68. The lowest BCUT2D eigenvalue weighted by molar-refractivity contribution is 0.0952. The second-order valence-corrected chi connectivity index (χ2v) is 6.38. The van der Waals surface area contributed by atoms with Crippen molar-refractivity contribution >= 4 is 16.9 Å². The van der Waals surface area contributed by atoms with E-state index in [1.807, 2.05) is 61.5 Å². The van der Waals surface area contributed by atoms with E-state index in [-0.39, 0.29) is 5.91 Å². The summed E-state index contributed by atoms with van der Waals surface area (Å²) in [7, 11) is 0. The zero-order valence-corrected chi connectivity index (χ0v) is 15.1. The molecule has 0 bridgehead atoms. The number of imidazole rings is 1. The van der Waals surface area contributed by atoms with Crippen molar-refractivity contribution in [1.82, 2.24) is 19.9 Å². The van der Waals surface area contributed by atoms with Gasteiger partial charge in [0.1, 0.15) is 5.82 Å². The number of amides is 1. The molecule has 0 radical (unpaired) electrons. The van der Waals surface area contributed by atoms with Crippen molar-refractivity contribution in [2.75, 3.05) is 6.54 Å². The number of hydrogen-bond acceptors (Lipinski definition) is 3. The van der Waals surface area contributed by atoms with Crippen molar-refractivity contribution in [3.63, 3.8) is 0 Å². The maximum absolute atomic E-state index is 12.5. The number of carbonyl (C=O) groups excluding carboxylic acids is 1. The average molecular weight is 356 g/mol. The standard InChI is InChI=1S/C22H20N4O/c1-16-6-2-3-7-18(16)22(27)24-14-15-26-20-9-5-4-8-19(20)25-21(26)17-10-12-23-13-11-17/h2-13H,14-15H2,1H3,(H,24,27). The lowest BCUT2D eigenvalue weighted by Crippen LogP contribution is -2.28. The fourth-order valence-corrected chi connectivity index (χ4v) is 3.23. The third kappa shape index (κ3) is 3.44. The van der Waals surface area contributed by atoms with E-state index >= 15 is 0 Å². The molecule has 0 unspecified atom stereocenters. The smallest absolute Gasteiger partial charge is 0.251 e. The number of hydrogen-bond donors (Lipinski definition) is 1. The molecule has 0 spiro atoms. The van der Waals surface area contributed by atoms with Crippen LogP contribution in [0.15, 0.2) is 73.1 Å². The highest BCUT2D eigenvalue weighted by molar-refractivity contribution is 5.95. The largest absolute Gasteiger partial charge is 0.350 e. The quantitative estimate of drug-likeness (QED) is 0.591. The normalized spacial score (nSPS) is 10.9. The predicted molar refractivity (Wildman–Crippen MR) is 106 cm³/mol. The first-order valence-electron chi connectivity index (χ1n) is 8.93. The number of benzene rings is 2. The summed E-state index contributed by atoms with van der Waals surface area (Å²) < 4.78 is 2.14. The van der Waals surface area contributed by atoms with Crippen LogP contribution in [0.25, 0.3) is 22.4 Å². The van der Waals surface area contributed by atoms with E-state index in [0.29, 0.717) is 18.7 Å². The van der Waals surface area contributed by atoms with Crippen LogP contribution >= 0.6 is 0 Å². The van der Waals surface area contributed by atoms with Crippen LogP contribution in [-0.4, -0.2) is 27.0 Å². The van der Waals surface area contributed by atoms with Crippen molar-refractivity contribution in [2.45, 2.75) is 13.5 Å². The Balaban J connectivity index is 1.58. The van der Waals surface area contributed by atoms with Crippen LogP contribution in [0.4, 0.5) is 0 Å². The molecule has 0 aliphatic carbocycles. The molecule has 4 rings (SSSR count). The summed E-state index contributed by atoms with van der Waals surface area (Å²) in [6.45, 7) is 3.10. The zero-order valence-electron chi connectivity index (χ0n) is 15.1. The molecule has 0 aliphatic heterocycles. The van der Waals surface area contributed by atoms with Gasteiger partial charge >= 0.3 is 0 Å². The number of para-hydroxylation sites is 2. The Labute approximate surface area is 157 Å². The molecule has 5 heteroatoms. The summed E-state index contributed by atoms with van der Waals surface area (Å²) in [5.74, 6) is 0.826. The van der Waals surface area contributed by atoms with Crippen LogP contribution in [0, 0.1) is 6.92 Å². The van der Waals surface area contributed by atoms with Crippen LogP contribution in [0.5, 0.6) is 0 Å². The van der Waals surface area contributed by atoms with Gasteiger partial charge in [0.25, 0.3) is 5.91 Å². The van der Waals surface area contributed by atoms with E-state index in [4.69, 9.17) is 4.98 Å². The highest BCUT2D eigenvalue weighted by Crippen LogP contribution is 2.24. The molecule has 134 valence electrons. The third-order valence-corrected chi connectivity index (χ3v) is 4.60. The van der Waals surface area contributed by atoms with E-state index in [1.165, 1.54) is 0 Å². The van der Waals surface area contributed by atoms with Gasteiger partial charge in [-0.25, -0.2) is 4.98 Å². The van der Waals surface area contributed by atoms with E-state index < -0.39 is 0 Å². The van der Waals surface area contributed by atoms with Crippen molar-refractivity contribution in [3.05, 3.63) is 84.2 Å². The van der Waals surface area contributed by atoms with E-state index in [2.05, 4.69) is 20.9 Å². The first-order chi connectivity index (χ1) is 13.2. The second-order valence-electron chi connectivity index (χ2n) is 6.38. The minimum atomic E-state index is -0.0528. The molecule has 27 heavy (non-hydrogen) atoms. The molecular formula is C22H20N4O. The van der Waals surface area contributed by atoms with Crippen LogP contribution in [0.1, 0.15) is 15.9 Å². The summed E-state index contributed by atoms with van der Waals surface area (Å²) in [4.78, 5) is 21.3. The Bertz CT molecular complexity index is 1090. The maximum Gasteiger partial charge on any atom is 0.251 e. The number of rotatable bonds is 5. The van der Waals surface area contributed by atoms with Gasteiger partial charge in [0.2, 0.25) is 0 Å². The molecule has 2 aromatic heterocycles. The molecule has 2 heterocycles. The molecule has 1 amide bonds. The van der Waals surface area contributed by atoms with Crippen molar-refractivity contribution in [1.29, 1.82) is 0 Å². The fraction of sp³-hybridized carbons (Fsp3) is 0.136. The molecule has 2 aromatic carbocycles. The molecule has 4 aromatic rings. The molecule has 1 N–H and O–H groups in total. The predicted octanol–water partition coefficient (Wildman–Crippen LogP) is 3.84. The minimum Gasteiger partial charge on any atom is -0.350 e. The Hall–Kier alpha value is -3.47. The Kier molecular flexibility index (Phi) is 4.66. The Morgan fingerprint density at radius 3 is 2.56 bits per heavy atom. The van der Waals surface area contributed by atoms with Crippen LogP contribution in [0.2, 0.25) is 0 Å². The number of carbonyl (C=O) groups is 1. The number of aromatic nitrogens is 3. The zero-order chi connectivity index (χ0) is 18.6. The van der Waals surface area contributed by atoms with E-state index in [1.54, 1.807) is 12.4 Å². The van der Waals surface area contributed by atoms with Gasteiger partial charge in [-0.15, -0.1) is 0 Å². The second kappa shape index (κ2) is 7.41. The topological polar surface area (TPSA) is 59.8 Å². The van der Waals surface area contributed by atoms with Gasteiger partial charge in [-0.05, 0) is 42.8 Å². The highest BCUT2D eigenvalue weighted by atomic mass is 16.1. The third-order valence-electron chi connectivity index (χ3n) is 4.60. The van der Waals surface area contributed by atoms with Gasteiger partial charge in [-0.1, -0.05) is 30.3 Å². The van der Waals surface area contributed by atoms with Gasteiger partial charge in [0, 0.05) is 36.6 Å². The van der Waals surface area contributed by atoms with Crippen LogP contribution in [-0.2, 0) is 6.54 Å². The average Bonchev–Trinajstić information content (AvgIpc) is 3.08. The van der Waals surface area contributed by atoms with Crippen LogP contribution < -0.4 is 5.32 Å². The summed E-state index contributed by atoms with van der Waals surface area (Å²) in [6, 6.07) is 19.5. The molecule has 0 fully saturated rings. The molecular weight excluding hydrogens is 336 g/mol. The molecule has 0 saturated heterocycles. The first kappa shape index (κ1) is 17.0. The molecule has 0 atom stereocenters. The highest BCUT2D eigenvalue weighted by Gasteiger charge is 2.13. The van der Waals surface area contributed by atoms with Gasteiger partial charge in [0.05, 0.1) is 11.0 Å². The summed E-state index contributed by atoms with van der Waals surface area (Å²) in [6.07, 6.45) is 3.53. The van der Waals surface area contributed by atoms with Crippen LogP contribution in [0.3, 0.4) is 0 Å². The van der Waals surface area contributed by atoms with Gasteiger partial charge in [-0.3, -0.25) is 9.78 Å².